The Bertz CT molecular complexity index is 858. The van der Waals surface area contributed by atoms with E-state index < -0.39 is 0 Å². The average Bonchev–Trinajstić information content (AvgIpc) is 3.37. The van der Waals surface area contributed by atoms with Crippen molar-refractivity contribution in [1.29, 1.82) is 0 Å². The van der Waals surface area contributed by atoms with Gasteiger partial charge in [0.1, 0.15) is 18.5 Å². The van der Waals surface area contributed by atoms with Crippen molar-refractivity contribution in [3.05, 3.63) is 41.6 Å². The van der Waals surface area contributed by atoms with Gasteiger partial charge in [0.05, 0.1) is 24.8 Å². The van der Waals surface area contributed by atoms with E-state index in [1.54, 1.807) is 0 Å². The molecular weight excluding hydrogens is 416 g/mol. The zero-order valence-electron chi connectivity index (χ0n) is 19.9. The number of benzene rings is 1. The Morgan fingerprint density at radius 1 is 1.09 bits per heavy atom. The molecule has 1 amide bonds. The molecule has 6 heteroatoms. The van der Waals surface area contributed by atoms with Gasteiger partial charge in [0.2, 0.25) is 5.91 Å². The molecule has 0 unspecified atom stereocenters. The molecule has 1 aromatic carbocycles. The first kappa shape index (κ1) is 22.7. The quantitative estimate of drug-likeness (QED) is 0.730. The van der Waals surface area contributed by atoms with E-state index in [0.717, 1.165) is 69.4 Å². The summed E-state index contributed by atoms with van der Waals surface area (Å²) in [4.78, 5) is 15.2. The Kier molecular flexibility index (Phi) is 6.93. The van der Waals surface area contributed by atoms with Gasteiger partial charge in [-0.2, -0.15) is 0 Å². The van der Waals surface area contributed by atoms with E-state index in [2.05, 4.69) is 41.9 Å². The molecule has 33 heavy (non-hydrogen) atoms. The average molecular weight is 455 g/mol. The lowest BCUT2D eigenvalue weighted by Gasteiger charge is -2.44. The van der Waals surface area contributed by atoms with Crippen LogP contribution in [0.4, 0.5) is 0 Å². The van der Waals surface area contributed by atoms with Crippen molar-refractivity contribution in [2.45, 2.75) is 88.5 Å². The van der Waals surface area contributed by atoms with Crippen LogP contribution >= 0.6 is 0 Å². The Morgan fingerprint density at radius 2 is 1.94 bits per heavy atom. The van der Waals surface area contributed by atoms with Gasteiger partial charge in [-0.25, -0.2) is 0 Å². The Balaban J connectivity index is 1.37. The normalized spacial score (nSPS) is 32.6. The van der Waals surface area contributed by atoms with E-state index in [1.165, 1.54) is 11.1 Å². The topological polar surface area (TPSA) is 60.0 Å². The van der Waals surface area contributed by atoms with Gasteiger partial charge >= 0.3 is 0 Å². The molecule has 6 rings (SSSR count). The number of carbonyl (C=O) groups is 1. The zero-order valence-corrected chi connectivity index (χ0v) is 19.9. The van der Waals surface area contributed by atoms with E-state index in [1.807, 2.05) is 0 Å². The summed E-state index contributed by atoms with van der Waals surface area (Å²) >= 11 is 0. The summed E-state index contributed by atoms with van der Waals surface area (Å²) in [5.41, 5.74) is 3.63. The van der Waals surface area contributed by atoms with Crippen LogP contribution in [0.2, 0.25) is 0 Å². The summed E-state index contributed by atoms with van der Waals surface area (Å²) in [7, 11) is 0. The summed E-state index contributed by atoms with van der Waals surface area (Å²) in [5, 5.41) is 3.30. The molecule has 1 aliphatic carbocycles. The highest BCUT2D eigenvalue weighted by atomic mass is 16.5. The highest BCUT2D eigenvalue weighted by Crippen LogP contribution is 2.41. The van der Waals surface area contributed by atoms with Gasteiger partial charge in [0, 0.05) is 24.4 Å². The molecule has 3 atom stereocenters. The highest BCUT2D eigenvalue weighted by molar-refractivity contribution is 5.81. The van der Waals surface area contributed by atoms with Crippen LogP contribution in [-0.4, -0.2) is 61.5 Å². The standard InChI is InChI=1S/C27H38N2O4/c1-18-6-3-8-24-26(18)20-10-12-21(13-11-20)32-17-23-22(28-27(30)25-9-5-15-31-25)7-4-14-29(23)19(2)16-33-24/h3,6,8,20-23,25H,2,4-5,7,9-17H2,1H3,(H,28,30)/t20?,21?,22-,23-,25-/m0/s1. The Labute approximate surface area is 197 Å². The minimum absolute atomic E-state index is 0.0223. The van der Waals surface area contributed by atoms with Crippen LogP contribution in [0.15, 0.2) is 30.5 Å². The van der Waals surface area contributed by atoms with Gasteiger partial charge in [0.15, 0.2) is 0 Å². The van der Waals surface area contributed by atoms with Crippen LogP contribution in [0.25, 0.3) is 0 Å². The van der Waals surface area contributed by atoms with E-state index in [0.29, 0.717) is 25.7 Å². The number of piperidine rings is 1. The number of hydrogen-bond donors (Lipinski definition) is 1. The highest BCUT2D eigenvalue weighted by Gasteiger charge is 2.37. The van der Waals surface area contributed by atoms with Crippen LogP contribution in [0.5, 0.6) is 5.75 Å². The van der Waals surface area contributed by atoms with Gasteiger partial charge < -0.3 is 24.4 Å². The fourth-order valence-corrected chi connectivity index (χ4v) is 6.18. The van der Waals surface area contributed by atoms with Crippen molar-refractivity contribution in [1.82, 2.24) is 10.2 Å². The van der Waals surface area contributed by atoms with Crippen molar-refractivity contribution in [3.63, 3.8) is 0 Å². The number of ether oxygens (including phenoxy) is 3. The number of carbonyl (C=O) groups excluding carboxylic acids is 1. The molecule has 0 radical (unpaired) electrons. The van der Waals surface area contributed by atoms with Crippen molar-refractivity contribution in [3.8, 4) is 5.75 Å². The van der Waals surface area contributed by atoms with Crippen molar-refractivity contribution < 1.29 is 19.0 Å². The predicted octanol–water partition coefficient (Wildman–Crippen LogP) is 4.07. The third kappa shape index (κ3) is 4.92. The molecule has 6 nitrogen and oxygen atoms in total. The molecule has 0 spiro atoms. The maximum atomic E-state index is 12.8. The van der Waals surface area contributed by atoms with E-state index in [9.17, 15) is 4.79 Å². The molecule has 5 aliphatic rings. The van der Waals surface area contributed by atoms with Gasteiger partial charge in [-0.15, -0.1) is 0 Å². The first-order valence-electron chi connectivity index (χ1n) is 12.8. The smallest absolute Gasteiger partial charge is 0.249 e. The molecule has 4 aliphatic heterocycles. The molecule has 1 saturated carbocycles. The molecule has 180 valence electrons. The van der Waals surface area contributed by atoms with E-state index in [-0.39, 0.29) is 30.2 Å². The summed E-state index contributed by atoms with van der Waals surface area (Å²) in [6, 6.07) is 6.49. The fraction of sp³-hybridized carbons (Fsp3) is 0.667. The third-order valence-electron chi connectivity index (χ3n) is 8.00. The molecule has 3 fully saturated rings. The van der Waals surface area contributed by atoms with Crippen LogP contribution in [-0.2, 0) is 14.3 Å². The molecule has 1 N–H and O–H groups in total. The number of amides is 1. The largest absolute Gasteiger partial charge is 0.487 e. The fourth-order valence-electron chi connectivity index (χ4n) is 6.18. The van der Waals surface area contributed by atoms with E-state index >= 15 is 0 Å². The number of aryl methyl sites for hydroxylation is 1. The lowest BCUT2D eigenvalue weighted by molar-refractivity contribution is -0.132. The minimum Gasteiger partial charge on any atom is -0.487 e. The van der Waals surface area contributed by atoms with Crippen LogP contribution in [0.3, 0.4) is 0 Å². The molecule has 1 aromatic rings. The van der Waals surface area contributed by atoms with Gasteiger partial charge in [-0.1, -0.05) is 18.7 Å². The molecule has 2 bridgehead atoms. The summed E-state index contributed by atoms with van der Waals surface area (Å²) < 4.78 is 18.5. The van der Waals surface area contributed by atoms with E-state index in [4.69, 9.17) is 14.2 Å². The van der Waals surface area contributed by atoms with Crippen molar-refractivity contribution >= 4 is 5.91 Å². The SMILES string of the molecule is C=C1COc2cccc(C)c2C2CCC(CC2)OC[C@H]2[C@@H](NC(=O)[C@@H]3CCCO3)CCCN12. The Hall–Kier alpha value is -2.05. The lowest BCUT2D eigenvalue weighted by Crippen LogP contribution is -2.58. The zero-order chi connectivity index (χ0) is 22.8. The second-order valence-electron chi connectivity index (χ2n) is 10.2. The third-order valence-corrected chi connectivity index (χ3v) is 8.00. The number of fused-ring (bicyclic) bond motifs is 5. The molecule has 4 heterocycles. The molecule has 2 saturated heterocycles. The number of nitrogens with one attached hydrogen (secondary N) is 1. The van der Waals surface area contributed by atoms with Gasteiger partial charge in [-0.3, -0.25) is 4.79 Å². The minimum atomic E-state index is -0.308. The maximum absolute atomic E-state index is 12.8. The first-order valence-corrected chi connectivity index (χ1v) is 12.8. The number of nitrogens with zero attached hydrogens (tertiary/aromatic N) is 1. The Morgan fingerprint density at radius 3 is 2.73 bits per heavy atom. The summed E-state index contributed by atoms with van der Waals surface area (Å²) in [5.74, 6) is 1.54. The second kappa shape index (κ2) is 10.1. The second-order valence-corrected chi connectivity index (χ2v) is 10.2. The summed E-state index contributed by atoms with van der Waals surface area (Å²) in [6.07, 6.45) is 8.09. The predicted molar refractivity (Wildman–Crippen MR) is 127 cm³/mol. The van der Waals surface area contributed by atoms with Crippen LogP contribution in [0, 0.1) is 6.92 Å². The van der Waals surface area contributed by atoms with Crippen LogP contribution < -0.4 is 10.1 Å². The monoisotopic (exact) mass is 454 g/mol. The van der Waals surface area contributed by atoms with Crippen molar-refractivity contribution in [2.24, 2.45) is 0 Å². The van der Waals surface area contributed by atoms with Crippen LogP contribution in [0.1, 0.15) is 68.4 Å². The first-order chi connectivity index (χ1) is 16.1. The molecular formula is C27H38N2O4. The van der Waals surface area contributed by atoms with Gasteiger partial charge in [-0.05, 0) is 75.8 Å². The number of rotatable bonds is 2. The molecule has 0 aromatic heterocycles. The maximum Gasteiger partial charge on any atom is 0.249 e. The van der Waals surface area contributed by atoms with Crippen molar-refractivity contribution in [2.75, 3.05) is 26.4 Å². The number of hydrogen-bond acceptors (Lipinski definition) is 5. The summed E-state index contributed by atoms with van der Waals surface area (Å²) in [6.45, 7) is 9.25. The van der Waals surface area contributed by atoms with Gasteiger partial charge in [0.25, 0.3) is 0 Å². The lowest BCUT2D eigenvalue weighted by atomic mass is 9.80.